The molecule has 0 atom stereocenters. The van der Waals surface area contributed by atoms with E-state index in [0.717, 1.165) is 16.6 Å². The van der Waals surface area contributed by atoms with Crippen molar-refractivity contribution in [3.8, 4) is 0 Å². The average molecular weight is 306 g/mol. The number of thiophene rings is 1. The van der Waals surface area contributed by atoms with Gasteiger partial charge < -0.3 is 10.4 Å². The van der Waals surface area contributed by atoms with E-state index < -0.39 is 5.97 Å². The van der Waals surface area contributed by atoms with Gasteiger partial charge in [-0.3, -0.25) is 9.59 Å². The lowest BCUT2D eigenvalue weighted by Crippen LogP contribution is -2.28. The van der Waals surface area contributed by atoms with Crippen LogP contribution in [0.5, 0.6) is 0 Å². The number of rotatable bonds is 6. The van der Waals surface area contributed by atoms with Gasteiger partial charge >= 0.3 is 5.97 Å². The van der Waals surface area contributed by atoms with Crippen LogP contribution in [0.1, 0.15) is 17.7 Å². The predicted octanol–water partition coefficient (Wildman–Crippen LogP) is 2.03. The molecule has 0 bridgehead atoms. The lowest BCUT2D eigenvalue weighted by atomic mass is 10.2. The molecule has 6 heteroatoms. The zero-order chi connectivity index (χ0) is 12.0. The summed E-state index contributed by atoms with van der Waals surface area (Å²) in [5, 5.41) is 10.7. The Labute approximate surface area is 106 Å². The molecule has 0 spiro atoms. The maximum atomic E-state index is 11.2. The number of hydrogen-bond donors (Lipinski definition) is 2. The van der Waals surface area contributed by atoms with Crippen molar-refractivity contribution in [3.05, 3.63) is 20.8 Å². The number of carbonyl (C=O) groups excluding carboxylic acids is 1. The Morgan fingerprint density at radius 1 is 1.44 bits per heavy atom. The number of hydrogen-bond acceptors (Lipinski definition) is 3. The topological polar surface area (TPSA) is 66.4 Å². The number of amides is 1. The van der Waals surface area contributed by atoms with Gasteiger partial charge in [0.1, 0.15) is 6.54 Å². The van der Waals surface area contributed by atoms with Crippen LogP contribution in [0, 0.1) is 0 Å². The molecule has 88 valence electrons. The van der Waals surface area contributed by atoms with E-state index in [9.17, 15) is 9.59 Å². The van der Waals surface area contributed by atoms with Crippen molar-refractivity contribution in [1.29, 1.82) is 0 Å². The van der Waals surface area contributed by atoms with E-state index >= 15 is 0 Å². The third-order valence-electron chi connectivity index (χ3n) is 1.89. The Morgan fingerprint density at radius 3 is 2.75 bits per heavy atom. The van der Waals surface area contributed by atoms with Crippen LogP contribution in [-0.2, 0) is 16.0 Å². The molecule has 2 N–H and O–H groups in total. The van der Waals surface area contributed by atoms with Gasteiger partial charge in [-0.2, -0.15) is 0 Å². The van der Waals surface area contributed by atoms with Gasteiger partial charge in [0.25, 0.3) is 0 Å². The fourth-order valence-electron chi connectivity index (χ4n) is 1.17. The summed E-state index contributed by atoms with van der Waals surface area (Å²) in [4.78, 5) is 22.6. The third-order valence-corrected chi connectivity index (χ3v) is 3.58. The molecule has 1 amide bonds. The second-order valence-corrected chi connectivity index (χ2v) is 5.78. The molecule has 0 unspecified atom stereocenters. The Kier molecular flexibility index (Phi) is 5.48. The first-order valence-corrected chi connectivity index (χ1v) is 6.41. The number of aryl methyl sites for hydroxylation is 1. The van der Waals surface area contributed by atoms with Gasteiger partial charge in [-0.25, -0.2) is 0 Å². The van der Waals surface area contributed by atoms with Crippen LogP contribution < -0.4 is 5.32 Å². The smallest absolute Gasteiger partial charge is 0.322 e. The molecule has 0 aliphatic rings. The minimum Gasteiger partial charge on any atom is -0.480 e. The zero-order valence-corrected chi connectivity index (χ0v) is 10.9. The summed E-state index contributed by atoms with van der Waals surface area (Å²) in [6, 6.07) is 3.99. The normalized spacial score (nSPS) is 10.1. The first-order valence-electron chi connectivity index (χ1n) is 4.80. The van der Waals surface area contributed by atoms with Crippen LogP contribution in [0.4, 0.5) is 0 Å². The molecule has 0 radical (unpaired) electrons. The number of carboxylic acids is 1. The quantitative estimate of drug-likeness (QED) is 0.845. The maximum absolute atomic E-state index is 11.2. The lowest BCUT2D eigenvalue weighted by molar-refractivity contribution is -0.137. The van der Waals surface area contributed by atoms with Crippen LogP contribution in [0.3, 0.4) is 0 Å². The largest absolute Gasteiger partial charge is 0.480 e. The molecule has 4 nitrogen and oxygen atoms in total. The minimum atomic E-state index is -1.02. The Balaban J connectivity index is 2.15. The van der Waals surface area contributed by atoms with E-state index in [1.165, 1.54) is 4.88 Å². The van der Waals surface area contributed by atoms with Crippen molar-refractivity contribution in [2.75, 3.05) is 6.54 Å². The summed E-state index contributed by atoms with van der Waals surface area (Å²) in [7, 11) is 0. The van der Waals surface area contributed by atoms with E-state index in [1.807, 2.05) is 12.1 Å². The Bertz CT molecular complexity index is 378. The molecule has 16 heavy (non-hydrogen) atoms. The summed E-state index contributed by atoms with van der Waals surface area (Å²) < 4.78 is 1.08. The van der Waals surface area contributed by atoms with E-state index in [-0.39, 0.29) is 12.5 Å². The van der Waals surface area contributed by atoms with Gasteiger partial charge in [-0.05, 0) is 40.9 Å². The fraction of sp³-hybridized carbons (Fsp3) is 0.400. The van der Waals surface area contributed by atoms with Crippen LogP contribution in [0.15, 0.2) is 15.9 Å². The second-order valence-electron chi connectivity index (χ2n) is 3.23. The molecule has 0 aromatic carbocycles. The van der Waals surface area contributed by atoms with Crippen LogP contribution >= 0.6 is 27.3 Å². The van der Waals surface area contributed by atoms with Gasteiger partial charge in [-0.1, -0.05) is 0 Å². The van der Waals surface area contributed by atoms with E-state index in [4.69, 9.17) is 5.11 Å². The molecule has 0 saturated carbocycles. The number of nitrogens with one attached hydrogen (secondary N) is 1. The molecular formula is C10H12BrNO3S. The molecule has 1 heterocycles. The summed E-state index contributed by atoms with van der Waals surface area (Å²) in [5.74, 6) is -1.23. The van der Waals surface area contributed by atoms with Gasteiger partial charge in [0.15, 0.2) is 0 Å². The molecule has 0 saturated heterocycles. The second kappa shape index (κ2) is 6.65. The van der Waals surface area contributed by atoms with Gasteiger partial charge in [0, 0.05) is 11.3 Å². The number of carboxylic acid groups (broad SMARTS) is 1. The standard InChI is InChI=1S/C10H12BrNO3S/c11-8-5-4-7(16-8)2-1-3-9(13)12-6-10(14)15/h4-5H,1-3,6H2,(H,12,13)(H,14,15). The minimum absolute atomic E-state index is 0.210. The molecule has 1 rings (SSSR count). The average Bonchev–Trinajstić information content (AvgIpc) is 2.61. The van der Waals surface area contributed by atoms with Crippen molar-refractivity contribution in [3.63, 3.8) is 0 Å². The molecule has 0 fully saturated rings. The SMILES string of the molecule is O=C(O)CNC(=O)CCCc1ccc(Br)s1. The number of carbonyl (C=O) groups is 2. The predicted molar refractivity (Wildman–Crippen MR) is 65.6 cm³/mol. The van der Waals surface area contributed by atoms with Gasteiger partial charge in [0.2, 0.25) is 5.91 Å². The highest BCUT2D eigenvalue weighted by Gasteiger charge is 2.04. The van der Waals surface area contributed by atoms with Crippen molar-refractivity contribution in [2.24, 2.45) is 0 Å². The first-order chi connectivity index (χ1) is 7.58. The molecule has 1 aromatic heterocycles. The maximum Gasteiger partial charge on any atom is 0.322 e. The third kappa shape index (κ3) is 5.27. The first kappa shape index (κ1) is 13.2. The molecule has 0 aliphatic heterocycles. The molecular weight excluding hydrogens is 294 g/mol. The Morgan fingerprint density at radius 2 is 2.19 bits per heavy atom. The zero-order valence-electron chi connectivity index (χ0n) is 8.53. The van der Waals surface area contributed by atoms with Crippen molar-refractivity contribution >= 4 is 39.1 Å². The number of halogens is 1. The van der Waals surface area contributed by atoms with Crippen molar-refractivity contribution < 1.29 is 14.7 Å². The summed E-state index contributed by atoms with van der Waals surface area (Å²) in [6.45, 7) is -0.302. The fourth-order valence-corrected chi connectivity index (χ4v) is 2.70. The van der Waals surface area contributed by atoms with E-state index in [2.05, 4.69) is 21.2 Å². The highest BCUT2D eigenvalue weighted by Crippen LogP contribution is 2.23. The lowest BCUT2D eigenvalue weighted by Gasteiger charge is -2.01. The summed E-state index contributed by atoms with van der Waals surface area (Å²) in [5.41, 5.74) is 0. The van der Waals surface area contributed by atoms with E-state index in [0.29, 0.717) is 6.42 Å². The Hall–Kier alpha value is -0.880. The van der Waals surface area contributed by atoms with Crippen LogP contribution in [0.2, 0.25) is 0 Å². The van der Waals surface area contributed by atoms with Crippen LogP contribution in [0.25, 0.3) is 0 Å². The summed E-state index contributed by atoms with van der Waals surface area (Å²) in [6.07, 6.45) is 1.94. The highest BCUT2D eigenvalue weighted by atomic mass is 79.9. The molecule has 1 aromatic rings. The van der Waals surface area contributed by atoms with Gasteiger partial charge in [0.05, 0.1) is 3.79 Å². The van der Waals surface area contributed by atoms with Crippen molar-refractivity contribution in [2.45, 2.75) is 19.3 Å². The highest BCUT2D eigenvalue weighted by molar-refractivity contribution is 9.11. The van der Waals surface area contributed by atoms with Crippen molar-refractivity contribution in [1.82, 2.24) is 5.32 Å². The van der Waals surface area contributed by atoms with Gasteiger partial charge in [-0.15, -0.1) is 11.3 Å². The number of aliphatic carboxylic acids is 1. The summed E-state index contributed by atoms with van der Waals surface area (Å²) >= 11 is 5.02. The monoisotopic (exact) mass is 305 g/mol. The van der Waals surface area contributed by atoms with Crippen LogP contribution in [-0.4, -0.2) is 23.5 Å². The molecule has 0 aliphatic carbocycles. The van der Waals surface area contributed by atoms with E-state index in [1.54, 1.807) is 11.3 Å².